The maximum atomic E-state index is 12.7. The number of hydrogen-bond acceptors (Lipinski definition) is 4. The third-order valence-electron chi connectivity index (χ3n) is 5.40. The predicted octanol–water partition coefficient (Wildman–Crippen LogP) is 4.61. The average Bonchev–Trinajstić information content (AvgIpc) is 3.35. The molecule has 1 amide bonds. The number of rotatable bonds is 5. The average molecular weight is 413 g/mol. The summed E-state index contributed by atoms with van der Waals surface area (Å²) in [6.07, 6.45) is 1.64. The Kier molecular flexibility index (Phi) is 5.50. The highest BCUT2D eigenvalue weighted by molar-refractivity contribution is 6.02. The summed E-state index contributed by atoms with van der Waals surface area (Å²) in [5.74, 6) is 1.03. The van der Waals surface area contributed by atoms with E-state index in [1.165, 1.54) is 0 Å². The summed E-state index contributed by atoms with van der Waals surface area (Å²) in [7, 11) is 0. The van der Waals surface area contributed by atoms with Gasteiger partial charge in [-0.25, -0.2) is 0 Å². The van der Waals surface area contributed by atoms with Crippen molar-refractivity contribution in [3.05, 3.63) is 82.7 Å². The predicted molar refractivity (Wildman–Crippen MR) is 118 cm³/mol. The van der Waals surface area contributed by atoms with Crippen molar-refractivity contribution < 1.29 is 14.3 Å². The fourth-order valence-electron chi connectivity index (χ4n) is 3.76. The first kappa shape index (κ1) is 20.3. The van der Waals surface area contributed by atoms with E-state index in [1.54, 1.807) is 6.08 Å². The minimum Gasteiger partial charge on any atom is -0.454 e. The number of aromatic nitrogens is 1. The van der Waals surface area contributed by atoms with Crippen LogP contribution in [0.3, 0.4) is 0 Å². The molecule has 4 rings (SSSR count). The molecule has 0 aliphatic carbocycles. The molecule has 156 valence electrons. The van der Waals surface area contributed by atoms with Crippen molar-refractivity contribution in [2.24, 2.45) is 0 Å². The quantitative estimate of drug-likeness (QED) is 0.490. The van der Waals surface area contributed by atoms with Crippen LogP contribution < -0.4 is 14.8 Å². The van der Waals surface area contributed by atoms with Gasteiger partial charge in [-0.2, -0.15) is 5.26 Å². The molecule has 2 aromatic carbocycles. The lowest BCUT2D eigenvalue weighted by Crippen LogP contribution is -2.27. The monoisotopic (exact) mass is 413 g/mol. The molecule has 31 heavy (non-hydrogen) atoms. The maximum absolute atomic E-state index is 12.7. The fraction of sp³-hybridized carbons (Fsp3) is 0.200. The second-order valence-electron chi connectivity index (χ2n) is 7.48. The van der Waals surface area contributed by atoms with Crippen LogP contribution in [0.1, 0.15) is 35.5 Å². The second kappa shape index (κ2) is 8.41. The highest BCUT2D eigenvalue weighted by Gasteiger charge is 2.18. The van der Waals surface area contributed by atoms with Gasteiger partial charge in [-0.3, -0.25) is 4.79 Å². The molecule has 1 N–H and O–H groups in total. The molecule has 2 heterocycles. The van der Waals surface area contributed by atoms with Crippen LogP contribution in [-0.4, -0.2) is 17.3 Å². The van der Waals surface area contributed by atoms with Crippen LogP contribution in [0.15, 0.2) is 60.2 Å². The van der Waals surface area contributed by atoms with Gasteiger partial charge in [0.05, 0.1) is 6.04 Å². The number of aryl methyl sites for hydroxylation is 1. The molecular formula is C25H23N3O3. The van der Waals surface area contributed by atoms with Crippen LogP contribution in [0, 0.1) is 25.2 Å². The number of carbonyl (C=O) groups is 1. The summed E-state index contributed by atoms with van der Waals surface area (Å²) < 4.78 is 12.9. The van der Waals surface area contributed by atoms with Gasteiger partial charge >= 0.3 is 0 Å². The Bertz CT molecular complexity index is 1200. The lowest BCUT2D eigenvalue weighted by atomic mass is 10.1. The molecule has 3 aromatic rings. The molecule has 1 unspecified atom stereocenters. The molecule has 0 saturated carbocycles. The zero-order valence-electron chi connectivity index (χ0n) is 17.7. The van der Waals surface area contributed by atoms with Crippen molar-refractivity contribution in [1.29, 1.82) is 5.26 Å². The Morgan fingerprint density at radius 1 is 1.13 bits per heavy atom. The van der Waals surface area contributed by atoms with Crippen molar-refractivity contribution in [2.45, 2.75) is 26.8 Å². The van der Waals surface area contributed by atoms with Gasteiger partial charge in [0.2, 0.25) is 6.79 Å². The number of nitrogens with zero attached hydrogens (tertiary/aromatic N) is 2. The maximum Gasteiger partial charge on any atom is 0.262 e. The Hall–Kier alpha value is -3.98. The molecule has 1 aliphatic rings. The van der Waals surface area contributed by atoms with Crippen LogP contribution >= 0.6 is 0 Å². The minimum absolute atomic E-state index is 0.0636. The van der Waals surface area contributed by atoms with Crippen molar-refractivity contribution in [1.82, 2.24) is 9.88 Å². The van der Waals surface area contributed by atoms with Gasteiger partial charge in [-0.1, -0.05) is 30.3 Å². The van der Waals surface area contributed by atoms with Crippen LogP contribution in [0.2, 0.25) is 0 Å². The zero-order valence-corrected chi connectivity index (χ0v) is 17.7. The van der Waals surface area contributed by atoms with Crippen molar-refractivity contribution in [2.75, 3.05) is 6.79 Å². The van der Waals surface area contributed by atoms with Crippen LogP contribution in [0.4, 0.5) is 0 Å². The molecule has 0 bridgehead atoms. The van der Waals surface area contributed by atoms with Crippen LogP contribution in [0.5, 0.6) is 11.5 Å². The highest BCUT2D eigenvalue weighted by Crippen LogP contribution is 2.35. The molecule has 0 saturated heterocycles. The largest absolute Gasteiger partial charge is 0.454 e. The lowest BCUT2D eigenvalue weighted by molar-refractivity contribution is -0.117. The van der Waals surface area contributed by atoms with E-state index in [-0.39, 0.29) is 18.4 Å². The van der Waals surface area contributed by atoms with E-state index in [0.717, 1.165) is 34.0 Å². The number of ether oxygens (including phenoxy) is 2. The number of amides is 1. The third kappa shape index (κ3) is 4.03. The molecule has 0 radical (unpaired) electrons. The summed E-state index contributed by atoms with van der Waals surface area (Å²) in [5, 5.41) is 12.5. The number of hydrogen-bond donors (Lipinski definition) is 1. The van der Waals surface area contributed by atoms with E-state index in [0.29, 0.717) is 5.75 Å². The van der Waals surface area contributed by atoms with Crippen molar-refractivity contribution >= 4 is 12.0 Å². The highest BCUT2D eigenvalue weighted by atomic mass is 16.7. The first-order chi connectivity index (χ1) is 15.0. The summed E-state index contributed by atoms with van der Waals surface area (Å²) in [4.78, 5) is 12.7. The van der Waals surface area contributed by atoms with Gasteiger partial charge in [0.25, 0.3) is 5.91 Å². The number of carbonyl (C=O) groups excluding carboxylic acids is 1. The zero-order chi connectivity index (χ0) is 22.0. The SMILES string of the molecule is Cc1cc(/C=C(\C#N)C(=O)NC(C)c2ccccc2)c(C)n1-c1ccc2c(c1)OCO2. The van der Waals surface area contributed by atoms with E-state index >= 15 is 0 Å². The molecule has 0 fully saturated rings. The van der Waals surface area contributed by atoms with Crippen LogP contribution in [0.25, 0.3) is 11.8 Å². The third-order valence-corrected chi connectivity index (χ3v) is 5.40. The number of nitrogens with one attached hydrogen (secondary N) is 1. The topological polar surface area (TPSA) is 76.3 Å². The summed E-state index contributed by atoms with van der Waals surface area (Å²) >= 11 is 0. The van der Waals surface area contributed by atoms with E-state index in [2.05, 4.69) is 9.88 Å². The van der Waals surface area contributed by atoms with Gasteiger partial charge < -0.3 is 19.4 Å². The Labute approximate surface area is 181 Å². The molecule has 0 spiro atoms. The molecule has 6 nitrogen and oxygen atoms in total. The van der Waals surface area contributed by atoms with Gasteiger partial charge in [-0.05, 0) is 56.2 Å². The van der Waals surface area contributed by atoms with Gasteiger partial charge in [0, 0.05) is 23.1 Å². The Balaban J connectivity index is 1.61. The number of benzene rings is 2. The minimum atomic E-state index is -0.397. The molecule has 1 aliphatic heterocycles. The van der Waals surface area contributed by atoms with Crippen molar-refractivity contribution in [3.63, 3.8) is 0 Å². The second-order valence-corrected chi connectivity index (χ2v) is 7.48. The van der Waals surface area contributed by atoms with Crippen LogP contribution in [-0.2, 0) is 4.79 Å². The lowest BCUT2D eigenvalue weighted by Gasteiger charge is -2.13. The number of nitriles is 1. The summed E-state index contributed by atoms with van der Waals surface area (Å²) in [6, 6.07) is 19.2. The fourth-order valence-corrected chi connectivity index (χ4v) is 3.76. The Morgan fingerprint density at radius 2 is 1.87 bits per heavy atom. The van der Waals surface area contributed by atoms with E-state index < -0.39 is 5.91 Å². The first-order valence-electron chi connectivity index (χ1n) is 10.0. The molecular weight excluding hydrogens is 390 g/mol. The molecule has 1 aromatic heterocycles. The van der Waals surface area contributed by atoms with Gasteiger partial charge in [0.1, 0.15) is 11.6 Å². The standard InChI is InChI=1S/C25H23N3O3/c1-16-11-20(18(3)28(16)22-9-10-23-24(13-22)31-15-30-23)12-21(14-26)25(29)27-17(2)19-7-5-4-6-8-19/h4-13,17H,15H2,1-3H3,(H,27,29)/b21-12+. The van der Waals surface area contributed by atoms with Gasteiger partial charge in [-0.15, -0.1) is 0 Å². The van der Waals surface area contributed by atoms with Crippen molar-refractivity contribution in [3.8, 4) is 23.3 Å². The van der Waals surface area contributed by atoms with E-state index in [1.807, 2.05) is 81.4 Å². The Morgan fingerprint density at radius 3 is 2.61 bits per heavy atom. The van der Waals surface area contributed by atoms with E-state index in [4.69, 9.17) is 9.47 Å². The molecule has 1 atom stereocenters. The normalized spacial score (nSPS) is 13.5. The summed E-state index contributed by atoms with van der Waals surface area (Å²) in [6.45, 7) is 6.06. The first-order valence-corrected chi connectivity index (χ1v) is 10.0. The number of fused-ring (bicyclic) bond motifs is 1. The van der Waals surface area contributed by atoms with Gasteiger partial charge in [0.15, 0.2) is 11.5 Å². The smallest absolute Gasteiger partial charge is 0.262 e. The molecule has 6 heteroatoms. The summed E-state index contributed by atoms with van der Waals surface area (Å²) in [5.41, 5.74) is 4.70. The van der Waals surface area contributed by atoms with E-state index in [9.17, 15) is 10.1 Å².